The molecule has 0 atom stereocenters. The molecule has 5 heteroatoms. The van der Waals surface area contributed by atoms with E-state index in [1.807, 2.05) is 0 Å². The molecule has 0 radical (unpaired) electrons. The van der Waals surface area contributed by atoms with Crippen molar-refractivity contribution in [2.24, 2.45) is 4.99 Å². The van der Waals surface area contributed by atoms with Crippen LogP contribution in [0.3, 0.4) is 0 Å². The summed E-state index contributed by atoms with van der Waals surface area (Å²) in [6, 6.07) is 8.43. The SMILES string of the molecule is CCNC(=NCc1ccccc1CC)NCC1(O)CCCC1.I. The van der Waals surface area contributed by atoms with E-state index in [0.717, 1.165) is 44.6 Å². The Kier molecular flexibility index (Phi) is 8.91. The summed E-state index contributed by atoms with van der Waals surface area (Å²) in [5.41, 5.74) is 2.05. The van der Waals surface area contributed by atoms with Crippen molar-refractivity contribution < 1.29 is 5.11 Å². The summed E-state index contributed by atoms with van der Waals surface area (Å²) >= 11 is 0. The Morgan fingerprint density at radius 3 is 2.39 bits per heavy atom. The lowest BCUT2D eigenvalue weighted by atomic mass is 10.0. The van der Waals surface area contributed by atoms with Crippen LogP contribution in [-0.2, 0) is 13.0 Å². The van der Waals surface area contributed by atoms with Gasteiger partial charge in [-0.2, -0.15) is 0 Å². The summed E-state index contributed by atoms with van der Waals surface area (Å²) in [6.07, 6.45) is 5.04. The van der Waals surface area contributed by atoms with Crippen molar-refractivity contribution in [3.05, 3.63) is 35.4 Å². The van der Waals surface area contributed by atoms with Gasteiger partial charge in [-0.15, -0.1) is 24.0 Å². The fraction of sp³-hybridized carbons (Fsp3) is 0.611. The highest BCUT2D eigenvalue weighted by Crippen LogP contribution is 2.28. The van der Waals surface area contributed by atoms with Gasteiger partial charge in [-0.25, -0.2) is 4.99 Å². The van der Waals surface area contributed by atoms with Crippen molar-refractivity contribution in [2.75, 3.05) is 13.1 Å². The van der Waals surface area contributed by atoms with Crippen LogP contribution in [0.25, 0.3) is 0 Å². The molecule has 1 aromatic carbocycles. The zero-order valence-electron chi connectivity index (χ0n) is 14.3. The van der Waals surface area contributed by atoms with Gasteiger partial charge in [-0.05, 0) is 37.3 Å². The van der Waals surface area contributed by atoms with E-state index in [1.165, 1.54) is 11.1 Å². The second-order valence-corrected chi connectivity index (χ2v) is 6.10. The van der Waals surface area contributed by atoms with Gasteiger partial charge in [-0.1, -0.05) is 44.0 Å². The molecule has 1 aliphatic rings. The number of aryl methyl sites for hydroxylation is 1. The first kappa shape index (κ1) is 20.2. The number of aliphatic imine (C=N–C) groups is 1. The predicted octanol–water partition coefficient (Wildman–Crippen LogP) is 3.23. The van der Waals surface area contributed by atoms with Crippen LogP contribution in [0.1, 0.15) is 50.7 Å². The molecular formula is C18H30IN3O. The molecule has 2 rings (SSSR count). The first-order chi connectivity index (χ1) is 10.7. The third kappa shape index (κ3) is 6.30. The number of halogens is 1. The van der Waals surface area contributed by atoms with Gasteiger partial charge in [0.15, 0.2) is 5.96 Å². The Labute approximate surface area is 157 Å². The quantitative estimate of drug-likeness (QED) is 0.368. The van der Waals surface area contributed by atoms with Crippen LogP contribution in [0.2, 0.25) is 0 Å². The van der Waals surface area contributed by atoms with Crippen molar-refractivity contribution in [3.8, 4) is 0 Å². The van der Waals surface area contributed by atoms with E-state index < -0.39 is 5.60 Å². The third-order valence-corrected chi connectivity index (χ3v) is 4.37. The summed E-state index contributed by atoms with van der Waals surface area (Å²) in [4.78, 5) is 4.67. The summed E-state index contributed by atoms with van der Waals surface area (Å²) in [5.74, 6) is 0.786. The average molecular weight is 431 g/mol. The van der Waals surface area contributed by atoms with Crippen LogP contribution in [0.15, 0.2) is 29.3 Å². The lowest BCUT2D eigenvalue weighted by molar-refractivity contribution is 0.0522. The Bertz CT molecular complexity index is 499. The lowest BCUT2D eigenvalue weighted by Gasteiger charge is -2.23. The van der Waals surface area contributed by atoms with Gasteiger partial charge in [0.1, 0.15) is 0 Å². The zero-order valence-corrected chi connectivity index (χ0v) is 16.6. The van der Waals surface area contributed by atoms with Crippen molar-refractivity contribution in [1.29, 1.82) is 0 Å². The van der Waals surface area contributed by atoms with Gasteiger partial charge in [0, 0.05) is 13.1 Å². The van der Waals surface area contributed by atoms with Gasteiger partial charge < -0.3 is 15.7 Å². The van der Waals surface area contributed by atoms with Gasteiger partial charge in [0.05, 0.1) is 12.1 Å². The van der Waals surface area contributed by atoms with Crippen molar-refractivity contribution in [3.63, 3.8) is 0 Å². The second-order valence-electron chi connectivity index (χ2n) is 6.10. The molecule has 23 heavy (non-hydrogen) atoms. The van der Waals surface area contributed by atoms with Crippen LogP contribution in [0.5, 0.6) is 0 Å². The molecule has 0 heterocycles. The molecule has 0 aromatic heterocycles. The second kappa shape index (κ2) is 10.1. The first-order valence-electron chi connectivity index (χ1n) is 8.48. The summed E-state index contributed by atoms with van der Waals surface area (Å²) < 4.78 is 0. The Hall–Kier alpha value is -0.820. The molecule has 1 saturated carbocycles. The molecule has 0 saturated heterocycles. The van der Waals surface area contributed by atoms with E-state index in [1.54, 1.807) is 0 Å². The number of hydrogen-bond acceptors (Lipinski definition) is 2. The van der Waals surface area contributed by atoms with E-state index in [0.29, 0.717) is 13.1 Å². The molecule has 3 N–H and O–H groups in total. The zero-order chi connectivity index (χ0) is 15.8. The molecular weight excluding hydrogens is 401 g/mol. The van der Waals surface area contributed by atoms with Crippen LogP contribution in [0.4, 0.5) is 0 Å². The van der Waals surface area contributed by atoms with Crippen molar-refractivity contribution >= 4 is 29.9 Å². The number of hydrogen-bond donors (Lipinski definition) is 3. The molecule has 0 spiro atoms. The topological polar surface area (TPSA) is 56.7 Å². The van der Waals surface area contributed by atoms with Crippen molar-refractivity contribution in [2.45, 2.75) is 58.1 Å². The summed E-state index contributed by atoms with van der Waals surface area (Å²) in [6.45, 7) is 6.29. The minimum Gasteiger partial charge on any atom is -0.388 e. The molecule has 4 nitrogen and oxygen atoms in total. The Balaban J connectivity index is 0.00000264. The van der Waals surface area contributed by atoms with Crippen molar-refractivity contribution in [1.82, 2.24) is 10.6 Å². The lowest BCUT2D eigenvalue weighted by Crippen LogP contribution is -2.46. The highest BCUT2D eigenvalue weighted by Gasteiger charge is 2.30. The van der Waals surface area contributed by atoms with Gasteiger partial charge >= 0.3 is 0 Å². The van der Waals surface area contributed by atoms with Crippen LogP contribution in [-0.4, -0.2) is 29.8 Å². The standard InChI is InChI=1S/C18H29N3O.HI/c1-3-15-9-5-6-10-16(15)13-20-17(19-4-2)21-14-18(22)11-7-8-12-18;/h5-6,9-10,22H,3-4,7-8,11-14H2,1-2H3,(H2,19,20,21);1H. The van der Waals surface area contributed by atoms with E-state index in [4.69, 9.17) is 0 Å². The molecule has 130 valence electrons. The normalized spacial score (nSPS) is 16.7. The number of guanidine groups is 1. The molecule has 0 bridgehead atoms. The largest absolute Gasteiger partial charge is 0.388 e. The number of rotatable bonds is 6. The number of nitrogens with one attached hydrogen (secondary N) is 2. The molecule has 0 unspecified atom stereocenters. The maximum atomic E-state index is 10.4. The number of benzene rings is 1. The number of aliphatic hydroxyl groups is 1. The Morgan fingerprint density at radius 1 is 1.13 bits per heavy atom. The fourth-order valence-electron chi connectivity index (χ4n) is 3.02. The predicted molar refractivity (Wildman–Crippen MR) is 107 cm³/mol. The van der Waals surface area contributed by atoms with Gasteiger partial charge in [-0.3, -0.25) is 0 Å². The molecule has 0 amide bonds. The van der Waals surface area contributed by atoms with Crippen LogP contribution < -0.4 is 10.6 Å². The van der Waals surface area contributed by atoms with E-state index in [-0.39, 0.29) is 24.0 Å². The molecule has 1 fully saturated rings. The third-order valence-electron chi connectivity index (χ3n) is 4.37. The molecule has 1 aromatic rings. The summed E-state index contributed by atoms with van der Waals surface area (Å²) in [7, 11) is 0. The minimum atomic E-state index is -0.558. The van der Waals surface area contributed by atoms with Gasteiger partial charge in [0.2, 0.25) is 0 Å². The van der Waals surface area contributed by atoms with E-state index >= 15 is 0 Å². The monoisotopic (exact) mass is 431 g/mol. The molecule has 0 aliphatic heterocycles. The van der Waals surface area contributed by atoms with Crippen LogP contribution >= 0.6 is 24.0 Å². The summed E-state index contributed by atoms with van der Waals surface area (Å²) in [5, 5.41) is 17.0. The van der Waals surface area contributed by atoms with E-state index in [2.05, 4.69) is 53.7 Å². The molecule has 1 aliphatic carbocycles. The maximum Gasteiger partial charge on any atom is 0.191 e. The minimum absolute atomic E-state index is 0. The average Bonchev–Trinajstić information content (AvgIpc) is 2.97. The van der Waals surface area contributed by atoms with E-state index in [9.17, 15) is 5.11 Å². The smallest absolute Gasteiger partial charge is 0.191 e. The maximum absolute atomic E-state index is 10.4. The highest BCUT2D eigenvalue weighted by molar-refractivity contribution is 14.0. The van der Waals surface area contributed by atoms with Gasteiger partial charge in [0.25, 0.3) is 0 Å². The first-order valence-corrected chi connectivity index (χ1v) is 8.48. The highest BCUT2D eigenvalue weighted by atomic mass is 127. The Morgan fingerprint density at radius 2 is 1.78 bits per heavy atom. The number of nitrogens with zero attached hydrogens (tertiary/aromatic N) is 1. The fourth-order valence-corrected chi connectivity index (χ4v) is 3.02. The van der Waals surface area contributed by atoms with Crippen LogP contribution in [0, 0.1) is 0 Å².